The fourth-order valence-corrected chi connectivity index (χ4v) is 2.45. The fraction of sp³-hybridized carbons (Fsp3) is 0.467. The molecule has 0 saturated carbocycles. The zero-order valence-corrected chi connectivity index (χ0v) is 11.8. The molecule has 0 aliphatic carbocycles. The molecule has 2 amide bonds. The molecule has 1 saturated heterocycles. The quantitative estimate of drug-likeness (QED) is 0.847. The molecule has 1 aromatic carbocycles. The minimum atomic E-state index is -0.727. The van der Waals surface area contributed by atoms with E-state index in [1.165, 1.54) is 0 Å². The molecular weight excluding hydrogens is 256 g/mol. The van der Waals surface area contributed by atoms with E-state index in [4.69, 9.17) is 0 Å². The van der Waals surface area contributed by atoms with E-state index in [-0.39, 0.29) is 30.7 Å². The Morgan fingerprint density at radius 1 is 1.50 bits per heavy atom. The molecule has 1 aromatic rings. The fourth-order valence-electron chi connectivity index (χ4n) is 2.45. The molecule has 1 heterocycles. The Balaban J connectivity index is 1.88. The Morgan fingerprint density at radius 2 is 2.20 bits per heavy atom. The molecule has 0 radical (unpaired) electrons. The maximum Gasteiger partial charge on any atom is 0.225 e. The molecule has 2 unspecified atom stereocenters. The van der Waals surface area contributed by atoms with Gasteiger partial charge >= 0.3 is 0 Å². The summed E-state index contributed by atoms with van der Waals surface area (Å²) in [7, 11) is 1.69. The van der Waals surface area contributed by atoms with Crippen LogP contribution in [0.25, 0.3) is 0 Å². The largest absolute Gasteiger partial charge is 0.387 e. The summed E-state index contributed by atoms with van der Waals surface area (Å²) >= 11 is 0. The molecule has 2 rings (SSSR count). The number of benzene rings is 1. The first kappa shape index (κ1) is 14.5. The lowest BCUT2D eigenvalue weighted by Gasteiger charge is -2.16. The highest BCUT2D eigenvalue weighted by atomic mass is 16.3. The zero-order valence-electron chi connectivity index (χ0n) is 11.8. The highest BCUT2D eigenvalue weighted by Gasteiger charge is 2.32. The second kappa shape index (κ2) is 6.05. The number of hydrogen-bond acceptors (Lipinski definition) is 3. The van der Waals surface area contributed by atoms with Gasteiger partial charge in [-0.15, -0.1) is 0 Å². The van der Waals surface area contributed by atoms with E-state index in [1.807, 2.05) is 31.2 Å². The van der Waals surface area contributed by atoms with E-state index in [1.54, 1.807) is 11.9 Å². The number of nitrogens with zero attached hydrogens (tertiary/aromatic N) is 1. The topological polar surface area (TPSA) is 69.6 Å². The minimum absolute atomic E-state index is 0.00963. The van der Waals surface area contributed by atoms with E-state index in [0.717, 1.165) is 11.1 Å². The number of aliphatic hydroxyl groups excluding tert-OH is 1. The van der Waals surface area contributed by atoms with Crippen LogP contribution in [0.5, 0.6) is 0 Å². The average Bonchev–Trinajstić information content (AvgIpc) is 2.76. The van der Waals surface area contributed by atoms with Gasteiger partial charge in [0.15, 0.2) is 0 Å². The summed E-state index contributed by atoms with van der Waals surface area (Å²) < 4.78 is 0. The number of carbonyl (C=O) groups excluding carboxylic acids is 2. The summed E-state index contributed by atoms with van der Waals surface area (Å²) in [4.78, 5) is 24.9. The Hall–Kier alpha value is -1.88. The summed E-state index contributed by atoms with van der Waals surface area (Å²) in [5, 5.41) is 12.8. The van der Waals surface area contributed by atoms with Crippen molar-refractivity contribution in [3.05, 3.63) is 35.4 Å². The van der Waals surface area contributed by atoms with Crippen molar-refractivity contribution < 1.29 is 14.7 Å². The lowest BCUT2D eigenvalue weighted by atomic mass is 10.0. The second-order valence-electron chi connectivity index (χ2n) is 5.29. The van der Waals surface area contributed by atoms with Gasteiger partial charge in [-0.2, -0.15) is 0 Å². The van der Waals surface area contributed by atoms with Crippen molar-refractivity contribution in [1.82, 2.24) is 10.2 Å². The van der Waals surface area contributed by atoms with Crippen molar-refractivity contribution in [3.63, 3.8) is 0 Å². The molecule has 1 aliphatic heterocycles. The van der Waals surface area contributed by atoms with Gasteiger partial charge in [0.25, 0.3) is 0 Å². The first-order valence-corrected chi connectivity index (χ1v) is 6.74. The molecule has 2 atom stereocenters. The third-order valence-electron chi connectivity index (χ3n) is 3.73. The molecule has 0 bridgehead atoms. The van der Waals surface area contributed by atoms with Crippen molar-refractivity contribution in [2.75, 3.05) is 20.1 Å². The summed E-state index contributed by atoms with van der Waals surface area (Å²) in [5.74, 6) is -0.489. The van der Waals surface area contributed by atoms with Gasteiger partial charge in [0, 0.05) is 26.6 Å². The van der Waals surface area contributed by atoms with Crippen LogP contribution >= 0.6 is 0 Å². The minimum Gasteiger partial charge on any atom is -0.387 e. The number of likely N-dealkylation sites (tertiary alicyclic amines) is 1. The predicted octanol–water partition coefficient (Wildman–Crippen LogP) is 0.623. The van der Waals surface area contributed by atoms with Gasteiger partial charge in [-0.1, -0.05) is 24.3 Å². The molecule has 5 nitrogen and oxygen atoms in total. The molecule has 20 heavy (non-hydrogen) atoms. The number of rotatable bonds is 4. The third kappa shape index (κ3) is 3.17. The molecule has 1 fully saturated rings. The Morgan fingerprint density at radius 3 is 2.80 bits per heavy atom. The van der Waals surface area contributed by atoms with Gasteiger partial charge in [0.2, 0.25) is 11.8 Å². The smallest absolute Gasteiger partial charge is 0.225 e. The SMILES string of the molecule is Cc1ccccc1C(O)CNC(=O)C1CC(=O)N(C)C1. The predicted molar refractivity (Wildman–Crippen MR) is 74.9 cm³/mol. The third-order valence-corrected chi connectivity index (χ3v) is 3.73. The van der Waals surface area contributed by atoms with Gasteiger partial charge < -0.3 is 15.3 Å². The van der Waals surface area contributed by atoms with Crippen molar-refractivity contribution in [2.24, 2.45) is 5.92 Å². The van der Waals surface area contributed by atoms with Crippen LogP contribution < -0.4 is 5.32 Å². The van der Waals surface area contributed by atoms with Crippen molar-refractivity contribution in [2.45, 2.75) is 19.4 Å². The van der Waals surface area contributed by atoms with E-state index >= 15 is 0 Å². The van der Waals surface area contributed by atoms with Gasteiger partial charge in [-0.05, 0) is 18.1 Å². The molecular formula is C15H20N2O3. The summed E-state index contributed by atoms with van der Waals surface area (Å²) in [6.07, 6.45) is -0.474. The first-order chi connectivity index (χ1) is 9.49. The van der Waals surface area contributed by atoms with Crippen LogP contribution in [0.2, 0.25) is 0 Å². The molecule has 2 N–H and O–H groups in total. The van der Waals surface area contributed by atoms with Crippen molar-refractivity contribution in [1.29, 1.82) is 0 Å². The molecule has 5 heteroatoms. The van der Waals surface area contributed by atoms with Gasteiger partial charge in [-0.25, -0.2) is 0 Å². The lowest BCUT2D eigenvalue weighted by molar-refractivity contribution is -0.128. The standard InChI is InChI=1S/C15H20N2O3/c1-10-5-3-4-6-12(10)13(18)8-16-15(20)11-7-14(19)17(2)9-11/h3-6,11,13,18H,7-9H2,1-2H3,(H,16,20). The molecule has 0 aromatic heterocycles. The van der Waals surface area contributed by atoms with Crippen LogP contribution in [0.15, 0.2) is 24.3 Å². The average molecular weight is 276 g/mol. The maximum atomic E-state index is 12.0. The van der Waals surface area contributed by atoms with E-state index in [2.05, 4.69) is 5.32 Å². The summed E-state index contributed by atoms with van der Waals surface area (Å²) in [6, 6.07) is 7.53. The number of nitrogens with one attached hydrogen (secondary N) is 1. The molecule has 0 spiro atoms. The number of carbonyl (C=O) groups is 2. The van der Waals surface area contributed by atoms with Gasteiger partial charge in [0.1, 0.15) is 0 Å². The van der Waals surface area contributed by atoms with Crippen LogP contribution in [0.1, 0.15) is 23.7 Å². The molecule has 1 aliphatic rings. The Labute approximate surface area is 118 Å². The lowest BCUT2D eigenvalue weighted by Crippen LogP contribution is -2.35. The zero-order chi connectivity index (χ0) is 14.7. The maximum absolute atomic E-state index is 12.0. The van der Waals surface area contributed by atoms with E-state index in [0.29, 0.717) is 6.54 Å². The number of amides is 2. The Bertz CT molecular complexity index is 516. The first-order valence-electron chi connectivity index (χ1n) is 6.74. The Kier molecular flexibility index (Phi) is 4.39. The van der Waals surface area contributed by atoms with E-state index < -0.39 is 6.10 Å². The molecule has 108 valence electrons. The van der Waals surface area contributed by atoms with Gasteiger partial charge in [0.05, 0.1) is 12.0 Å². The van der Waals surface area contributed by atoms with E-state index in [9.17, 15) is 14.7 Å². The van der Waals surface area contributed by atoms with Crippen LogP contribution in [0, 0.1) is 12.8 Å². The highest BCUT2D eigenvalue weighted by molar-refractivity contribution is 5.89. The van der Waals surface area contributed by atoms with Crippen LogP contribution in [-0.2, 0) is 9.59 Å². The second-order valence-corrected chi connectivity index (χ2v) is 5.29. The van der Waals surface area contributed by atoms with Crippen LogP contribution in [-0.4, -0.2) is 42.0 Å². The van der Waals surface area contributed by atoms with Crippen molar-refractivity contribution >= 4 is 11.8 Å². The highest BCUT2D eigenvalue weighted by Crippen LogP contribution is 2.18. The van der Waals surface area contributed by atoms with Crippen LogP contribution in [0.3, 0.4) is 0 Å². The van der Waals surface area contributed by atoms with Crippen molar-refractivity contribution in [3.8, 4) is 0 Å². The summed E-state index contributed by atoms with van der Waals surface area (Å²) in [5.41, 5.74) is 1.80. The number of hydrogen-bond donors (Lipinski definition) is 2. The normalized spacial score (nSPS) is 20.1. The van der Waals surface area contributed by atoms with Crippen LogP contribution in [0.4, 0.5) is 0 Å². The summed E-state index contributed by atoms with van der Waals surface area (Å²) in [6.45, 7) is 2.54. The number of aryl methyl sites for hydroxylation is 1. The monoisotopic (exact) mass is 276 g/mol. The van der Waals surface area contributed by atoms with Gasteiger partial charge in [-0.3, -0.25) is 9.59 Å². The number of aliphatic hydroxyl groups is 1.